The van der Waals surface area contributed by atoms with E-state index in [0.29, 0.717) is 15.1 Å². The maximum Gasteiger partial charge on any atom is 0.358 e. The van der Waals surface area contributed by atoms with Crippen LogP contribution < -0.4 is 71.9 Å². The van der Waals surface area contributed by atoms with Gasteiger partial charge in [0.15, 0.2) is 0 Å². The third kappa shape index (κ3) is 8.27. The Morgan fingerprint density at radius 2 is 0.981 bits per heavy atom. The second-order valence-electron chi connectivity index (χ2n) is 16.0. The smallest absolute Gasteiger partial charge is 0.358 e. The zero-order chi connectivity index (χ0) is 36.2. The van der Waals surface area contributed by atoms with Crippen LogP contribution in [0.5, 0.6) is 0 Å². The average molecular weight is 698 g/mol. The van der Waals surface area contributed by atoms with Crippen LogP contribution in [-0.4, -0.2) is 237 Å². The van der Waals surface area contributed by atoms with Gasteiger partial charge >= 0.3 is 56.9 Å². The molecule has 14 N–H and O–H groups in total. The Morgan fingerprint density at radius 1 is 0.434 bits per heavy atom. The van der Waals surface area contributed by atoms with Crippen molar-refractivity contribution in [3.8, 4) is 0 Å². The van der Waals surface area contributed by atoms with E-state index in [1.807, 2.05) is 0 Å². The fourth-order valence-corrected chi connectivity index (χ4v) is 9.42. The Morgan fingerprint density at radius 3 is 1.74 bits per heavy atom. The quantitative estimate of drug-likeness (QED) is 0.106. The first-order valence-corrected chi connectivity index (χ1v) is 19.5. The van der Waals surface area contributed by atoms with Crippen molar-refractivity contribution in [3.63, 3.8) is 0 Å². The van der Waals surface area contributed by atoms with Crippen molar-refractivity contribution in [1.82, 2.24) is 118 Å². The van der Waals surface area contributed by atoms with Gasteiger partial charge in [-0.2, -0.15) is 0 Å². The molecular weight excluding hydrogens is 656 g/mol. The van der Waals surface area contributed by atoms with Gasteiger partial charge in [-0.15, -0.1) is 0 Å². The van der Waals surface area contributed by atoms with Crippen LogP contribution in [0, 0.1) is 0 Å². The lowest BCUT2D eigenvalue weighted by molar-refractivity contribution is 0.597. The molecule has 48 heteroatoms. The lowest BCUT2D eigenvalue weighted by atomic mass is 9.43. The zero-order valence-corrected chi connectivity index (χ0v) is 32.0. The maximum absolute atomic E-state index is 3.95. The normalized spacial score (nSPS) is 34.3. The first-order chi connectivity index (χ1) is 25.8. The van der Waals surface area contributed by atoms with Gasteiger partial charge in [-0.05, 0) is 14.1 Å². The lowest BCUT2D eigenvalue weighted by Crippen LogP contribution is -2.92. The van der Waals surface area contributed by atoms with Crippen molar-refractivity contribution >= 4 is 176 Å². The summed E-state index contributed by atoms with van der Waals surface area (Å²) in [6.07, 6.45) is 0. The van der Waals surface area contributed by atoms with E-state index in [0.717, 1.165) is 83.0 Å². The molecule has 0 radical (unpaired) electrons. The fourth-order valence-electron chi connectivity index (χ4n) is 9.42. The summed E-state index contributed by atoms with van der Waals surface area (Å²) in [5.41, 5.74) is 0. The molecule has 24 nitrogen and oxygen atoms in total. The van der Waals surface area contributed by atoms with Crippen LogP contribution in [0.15, 0.2) is 0 Å². The van der Waals surface area contributed by atoms with Crippen molar-refractivity contribution in [2.75, 3.05) is 14.1 Å². The van der Waals surface area contributed by atoms with Crippen molar-refractivity contribution < 1.29 is 0 Å². The van der Waals surface area contributed by atoms with Crippen molar-refractivity contribution in [2.45, 2.75) is 20.5 Å². The van der Waals surface area contributed by atoms with E-state index in [-0.39, 0.29) is 77.9 Å². The molecule has 0 aliphatic carbocycles. The molecule has 254 valence electrons. The third-order valence-corrected chi connectivity index (χ3v) is 12.2. The zero-order valence-electron chi connectivity index (χ0n) is 32.0. The molecule has 53 heavy (non-hydrogen) atoms. The molecule has 9 aliphatic rings. The van der Waals surface area contributed by atoms with E-state index < -0.39 is 0 Å². The second-order valence-corrected chi connectivity index (χ2v) is 16.0. The largest absolute Gasteiger partial charge is 0.380 e. The van der Waals surface area contributed by atoms with E-state index in [4.69, 9.17) is 0 Å². The van der Waals surface area contributed by atoms with Gasteiger partial charge in [0.25, 0.3) is 119 Å². The van der Waals surface area contributed by atoms with Gasteiger partial charge in [0, 0.05) is 0 Å². The number of nitrogens with one attached hydrogen (secondary N) is 14. The number of hydrogen-bond donors (Lipinski definition) is 14. The monoisotopic (exact) mass is 703 g/mol. The molecular formula is C5H42B24N24. The summed E-state index contributed by atoms with van der Waals surface area (Å²) < 4.78 is 24.8. The summed E-state index contributed by atoms with van der Waals surface area (Å²) in [6, 6.07) is 0. The molecule has 12 bridgehead atoms. The molecule has 9 saturated heterocycles. The molecule has 0 aromatic rings. The topological polar surface area (TPSA) is 201 Å². The molecule has 0 amide bonds. The third-order valence-electron chi connectivity index (χ3n) is 12.2. The van der Waals surface area contributed by atoms with E-state index in [2.05, 4.69) is 153 Å². The number of nitrogens with zero attached hydrogens (tertiary/aromatic N) is 10. The summed E-state index contributed by atoms with van der Waals surface area (Å²) >= 11 is 0. The van der Waals surface area contributed by atoms with Crippen LogP contribution in [-0.2, 0) is 0 Å². The predicted molar refractivity (Wildman–Crippen MR) is 248 cm³/mol. The van der Waals surface area contributed by atoms with Crippen molar-refractivity contribution in [2.24, 2.45) is 0 Å². The average Bonchev–Trinajstić information content (AvgIpc) is 3.18. The SMILES string of the molecule is CB1NB2NB(N1)N1B(C)NBNB1N1BNBN(B1)B1NBNB(N1)N1BN(C)BN(B1)B1N(C)B(C)NBN1B1NBNB(N1)N1BNBN2B1. The standard InChI is InChI=1S/C5H42B24N24/c1-19-39-26-43-27(40-19)53-21(3)32-6-37-28(53)49-12-31-10-47(17-49)22-33-7-35-24(41-22)50-14-44(4)15-51(18-50)29-45(5)20(2)38-13-52(29)25-36-8-34-23(42-25)46-9-30-11-48(26)16-46/h6-18,30-43H,1-5H3. The molecule has 0 saturated carbocycles. The van der Waals surface area contributed by atoms with Crippen LogP contribution >= 0.6 is 0 Å². The predicted octanol–water partition coefficient (Wildman–Crippen LogP) is -20.7. The summed E-state index contributed by atoms with van der Waals surface area (Å²) in [7, 11) is 14.3. The van der Waals surface area contributed by atoms with Crippen LogP contribution in [0.4, 0.5) is 0 Å². The Labute approximate surface area is 328 Å². The van der Waals surface area contributed by atoms with Gasteiger partial charge < -0.3 is 118 Å². The fraction of sp³-hybridized carbons (Fsp3) is 1.00. The molecule has 0 aromatic carbocycles. The molecule has 6 atom stereocenters. The van der Waals surface area contributed by atoms with Crippen LogP contribution in [0.1, 0.15) is 0 Å². The minimum Gasteiger partial charge on any atom is -0.380 e. The van der Waals surface area contributed by atoms with Gasteiger partial charge in [-0.1, -0.05) is 20.5 Å². The first-order valence-electron chi connectivity index (χ1n) is 19.5. The summed E-state index contributed by atoms with van der Waals surface area (Å²) in [6.45, 7) is 7.17. The maximum atomic E-state index is 3.95. The molecule has 9 aliphatic heterocycles. The molecule has 9 rings (SSSR count). The highest BCUT2D eigenvalue weighted by Crippen LogP contribution is 2.15. The summed E-state index contributed by atoms with van der Waals surface area (Å²) in [5, 5.41) is 52.9. The highest BCUT2D eigenvalue weighted by atomic mass is 15.4. The van der Waals surface area contributed by atoms with Gasteiger partial charge in [0.1, 0.15) is 0 Å². The van der Waals surface area contributed by atoms with Crippen LogP contribution in [0.25, 0.3) is 0 Å². The van der Waals surface area contributed by atoms with Crippen molar-refractivity contribution in [1.29, 1.82) is 0 Å². The highest BCUT2D eigenvalue weighted by molar-refractivity contribution is 7.03. The summed E-state index contributed by atoms with van der Waals surface area (Å²) in [4.78, 5) is 0. The number of hydrogen-bond acceptors (Lipinski definition) is 24. The van der Waals surface area contributed by atoms with E-state index in [1.165, 1.54) is 0 Å². The molecule has 9 fully saturated rings. The highest BCUT2D eigenvalue weighted by Gasteiger charge is 2.54. The van der Waals surface area contributed by atoms with Gasteiger partial charge in [0.05, 0.1) is 0 Å². The lowest BCUT2D eigenvalue weighted by Gasteiger charge is -2.54. The molecule has 9 heterocycles. The minimum absolute atomic E-state index is 0.0122. The van der Waals surface area contributed by atoms with Gasteiger partial charge in [-0.3, -0.25) is 0 Å². The Bertz CT molecular complexity index is 1240. The van der Waals surface area contributed by atoms with Crippen molar-refractivity contribution in [3.05, 3.63) is 0 Å². The Hall–Kier alpha value is 0.598. The van der Waals surface area contributed by atoms with Crippen LogP contribution in [0.2, 0.25) is 20.5 Å². The molecule has 0 spiro atoms. The number of fused-ring (bicyclic) bond motifs is 22. The first kappa shape index (κ1) is 39.1. The van der Waals surface area contributed by atoms with Crippen LogP contribution in [0.3, 0.4) is 0 Å². The Balaban J connectivity index is 1.04. The van der Waals surface area contributed by atoms with Gasteiger partial charge in [-0.25, -0.2) is 0 Å². The summed E-state index contributed by atoms with van der Waals surface area (Å²) in [5.74, 6) is 0. The molecule has 6 unspecified atom stereocenters. The van der Waals surface area contributed by atoms with E-state index in [1.54, 1.807) is 0 Å². The van der Waals surface area contributed by atoms with E-state index >= 15 is 0 Å². The Kier molecular flexibility index (Phi) is 12.6. The number of rotatable bonds is 0. The minimum atomic E-state index is -0.0962. The molecule has 0 aromatic heterocycles. The second kappa shape index (κ2) is 17.1. The van der Waals surface area contributed by atoms with E-state index in [9.17, 15) is 0 Å². The van der Waals surface area contributed by atoms with Gasteiger partial charge in [0.2, 0.25) is 0 Å².